The number of anilines is 1. The van der Waals surface area contributed by atoms with Crippen molar-refractivity contribution in [3.8, 4) is 0 Å². The Labute approximate surface area is 119 Å². The summed E-state index contributed by atoms with van der Waals surface area (Å²) >= 11 is 0. The van der Waals surface area contributed by atoms with E-state index in [9.17, 15) is 12.8 Å². The average molecular weight is 300 g/mol. The summed E-state index contributed by atoms with van der Waals surface area (Å²) in [6, 6.07) is 3.82. The normalized spacial score (nSPS) is 23.7. The molecule has 4 nitrogen and oxygen atoms in total. The van der Waals surface area contributed by atoms with Crippen molar-refractivity contribution in [3.63, 3.8) is 0 Å². The standard InChI is InChI=1S/C14H21FN2O2S/c1-10-5-7-11(8-6-10)9-17-20(18,19)13-4-2-3-12(15)14(13)16/h2-4,10-11,17H,5-9,16H2,1H3. The van der Waals surface area contributed by atoms with Gasteiger partial charge in [-0.25, -0.2) is 17.5 Å². The number of rotatable bonds is 4. The van der Waals surface area contributed by atoms with E-state index in [4.69, 9.17) is 5.73 Å². The Hall–Kier alpha value is -1.14. The maximum absolute atomic E-state index is 13.3. The molecule has 6 heteroatoms. The Kier molecular flexibility index (Phi) is 4.65. The Morgan fingerprint density at radius 1 is 1.30 bits per heavy atom. The molecule has 0 saturated heterocycles. The van der Waals surface area contributed by atoms with Crippen LogP contribution < -0.4 is 10.5 Å². The van der Waals surface area contributed by atoms with E-state index >= 15 is 0 Å². The molecule has 1 aromatic rings. The minimum atomic E-state index is -3.74. The molecule has 3 N–H and O–H groups in total. The molecule has 1 aromatic carbocycles. The van der Waals surface area contributed by atoms with Crippen molar-refractivity contribution >= 4 is 15.7 Å². The fourth-order valence-corrected chi connectivity index (χ4v) is 3.85. The van der Waals surface area contributed by atoms with Crippen molar-refractivity contribution in [2.45, 2.75) is 37.5 Å². The number of nitrogen functional groups attached to an aromatic ring is 1. The third-order valence-electron chi connectivity index (χ3n) is 4.00. The molecule has 0 radical (unpaired) electrons. The van der Waals surface area contributed by atoms with Gasteiger partial charge in [0.2, 0.25) is 10.0 Å². The third kappa shape index (κ3) is 3.49. The maximum atomic E-state index is 13.3. The fraction of sp³-hybridized carbons (Fsp3) is 0.571. The van der Waals surface area contributed by atoms with Gasteiger partial charge in [-0.3, -0.25) is 0 Å². The lowest BCUT2D eigenvalue weighted by atomic mass is 9.83. The maximum Gasteiger partial charge on any atom is 0.242 e. The largest absolute Gasteiger partial charge is 0.395 e. The smallest absolute Gasteiger partial charge is 0.242 e. The Morgan fingerprint density at radius 2 is 1.95 bits per heavy atom. The number of sulfonamides is 1. The highest BCUT2D eigenvalue weighted by Gasteiger charge is 2.23. The van der Waals surface area contributed by atoms with Gasteiger partial charge in [0.15, 0.2) is 0 Å². The first-order valence-electron chi connectivity index (χ1n) is 6.94. The van der Waals surface area contributed by atoms with E-state index in [1.807, 2.05) is 0 Å². The van der Waals surface area contributed by atoms with Gasteiger partial charge in [0.25, 0.3) is 0 Å². The zero-order chi connectivity index (χ0) is 14.8. The minimum absolute atomic E-state index is 0.179. The van der Waals surface area contributed by atoms with Crippen LogP contribution >= 0.6 is 0 Å². The SMILES string of the molecule is CC1CCC(CNS(=O)(=O)c2cccc(F)c2N)CC1. The molecule has 0 atom stereocenters. The van der Waals surface area contributed by atoms with Crippen molar-refractivity contribution in [1.29, 1.82) is 0 Å². The first kappa shape index (κ1) is 15.3. The van der Waals surface area contributed by atoms with E-state index in [1.54, 1.807) is 0 Å². The van der Waals surface area contributed by atoms with Crippen LogP contribution in [0.25, 0.3) is 0 Å². The first-order chi connectivity index (χ1) is 9.40. The molecule has 1 aliphatic rings. The third-order valence-corrected chi connectivity index (χ3v) is 5.48. The van der Waals surface area contributed by atoms with Gasteiger partial charge in [0.05, 0.1) is 5.69 Å². The minimum Gasteiger partial charge on any atom is -0.395 e. The first-order valence-corrected chi connectivity index (χ1v) is 8.42. The summed E-state index contributed by atoms with van der Waals surface area (Å²) in [6.07, 6.45) is 4.33. The predicted molar refractivity (Wildman–Crippen MR) is 77.1 cm³/mol. The van der Waals surface area contributed by atoms with E-state index in [2.05, 4.69) is 11.6 Å². The molecule has 0 heterocycles. The molecule has 0 bridgehead atoms. The summed E-state index contributed by atoms with van der Waals surface area (Å²) in [4.78, 5) is -0.179. The summed E-state index contributed by atoms with van der Waals surface area (Å²) in [5, 5.41) is 0. The van der Waals surface area contributed by atoms with Crippen molar-refractivity contribution in [1.82, 2.24) is 4.72 Å². The zero-order valence-electron chi connectivity index (χ0n) is 11.6. The highest BCUT2D eigenvalue weighted by molar-refractivity contribution is 7.89. The molecule has 1 aliphatic carbocycles. The van der Waals surface area contributed by atoms with Crippen LogP contribution in [0.3, 0.4) is 0 Å². The van der Waals surface area contributed by atoms with Crippen LogP contribution in [-0.4, -0.2) is 15.0 Å². The average Bonchev–Trinajstić information content (AvgIpc) is 2.41. The summed E-state index contributed by atoms with van der Waals surface area (Å²) < 4.78 is 40.2. The number of nitrogens with two attached hydrogens (primary N) is 1. The highest BCUT2D eigenvalue weighted by atomic mass is 32.2. The van der Waals surface area contributed by atoms with Gasteiger partial charge in [0, 0.05) is 6.54 Å². The van der Waals surface area contributed by atoms with E-state index in [-0.39, 0.29) is 10.6 Å². The van der Waals surface area contributed by atoms with Crippen LogP contribution in [0, 0.1) is 17.7 Å². The summed E-state index contributed by atoms with van der Waals surface area (Å²) in [7, 11) is -3.74. The summed E-state index contributed by atoms with van der Waals surface area (Å²) in [6.45, 7) is 2.61. The van der Waals surface area contributed by atoms with Gasteiger partial charge in [0.1, 0.15) is 10.7 Å². The van der Waals surface area contributed by atoms with Gasteiger partial charge in [-0.1, -0.05) is 25.8 Å². The monoisotopic (exact) mass is 300 g/mol. The molecule has 0 unspecified atom stereocenters. The number of hydrogen-bond donors (Lipinski definition) is 2. The Morgan fingerprint density at radius 3 is 2.60 bits per heavy atom. The van der Waals surface area contributed by atoms with Gasteiger partial charge < -0.3 is 5.73 Å². The molecule has 0 aliphatic heterocycles. The molecule has 20 heavy (non-hydrogen) atoms. The molecule has 112 valence electrons. The van der Waals surface area contributed by atoms with Crippen LogP contribution in [-0.2, 0) is 10.0 Å². The van der Waals surface area contributed by atoms with Gasteiger partial charge in [-0.2, -0.15) is 0 Å². The fourth-order valence-electron chi connectivity index (χ4n) is 2.59. The van der Waals surface area contributed by atoms with Gasteiger partial charge >= 0.3 is 0 Å². The molecular weight excluding hydrogens is 279 g/mol. The van der Waals surface area contributed by atoms with E-state index < -0.39 is 15.8 Å². The van der Waals surface area contributed by atoms with Crippen molar-refractivity contribution in [2.75, 3.05) is 12.3 Å². The summed E-state index contributed by atoms with van der Waals surface area (Å²) in [5.41, 5.74) is 5.18. The molecule has 0 amide bonds. The van der Waals surface area contributed by atoms with Crippen LogP contribution in [0.4, 0.5) is 10.1 Å². The van der Waals surface area contributed by atoms with Gasteiger partial charge in [-0.15, -0.1) is 0 Å². The van der Waals surface area contributed by atoms with Crippen molar-refractivity contribution in [3.05, 3.63) is 24.0 Å². The second-order valence-electron chi connectivity index (χ2n) is 5.63. The van der Waals surface area contributed by atoms with Gasteiger partial charge in [-0.05, 0) is 36.8 Å². The van der Waals surface area contributed by atoms with Crippen LogP contribution in [0.15, 0.2) is 23.1 Å². The summed E-state index contributed by atoms with van der Waals surface area (Å²) in [5.74, 6) is 0.372. The second-order valence-corrected chi connectivity index (χ2v) is 7.36. The van der Waals surface area contributed by atoms with E-state index in [1.165, 1.54) is 12.1 Å². The molecule has 2 rings (SSSR count). The quantitative estimate of drug-likeness (QED) is 0.839. The van der Waals surface area contributed by atoms with E-state index in [0.717, 1.165) is 37.7 Å². The lowest BCUT2D eigenvalue weighted by Crippen LogP contribution is -2.31. The lowest BCUT2D eigenvalue weighted by molar-refractivity contribution is 0.290. The molecule has 1 fully saturated rings. The van der Waals surface area contributed by atoms with Crippen molar-refractivity contribution < 1.29 is 12.8 Å². The molecule has 0 spiro atoms. The number of nitrogens with one attached hydrogen (secondary N) is 1. The molecular formula is C14H21FN2O2S. The lowest BCUT2D eigenvalue weighted by Gasteiger charge is -2.26. The Balaban J connectivity index is 2.03. The number of hydrogen-bond acceptors (Lipinski definition) is 3. The Bertz CT molecular complexity index is 567. The number of benzene rings is 1. The molecule has 1 saturated carbocycles. The predicted octanol–water partition coefficient (Wildman–Crippen LogP) is 2.51. The highest BCUT2D eigenvalue weighted by Crippen LogP contribution is 2.28. The second kappa shape index (κ2) is 6.10. The van der Waals surface area contributed by atoms with E-state index in [0.29, 0.717) is 12.5 Å². The molecule has 0 aromatic heterocycles. The number of halogens is 1. The van der Waals surface area contributed by atoms with Crippen molar-refractivity contribution in [2.24, 2.45) is 11.8 Å². The van der Waals surface area contributed by atoms with Crippen LogP contribution in [0.1, 0.15) is 32.6 Å². The number of para-hydroxylation sites is 1. The van der Waals surface area contributed by atoms with Crippen LogP contribution in [0.5, 0.6) is 0 Å². The topological polar surface area (TPSA) is 72.2 Å². The van der Waals surface area contributed by atoms with Crippen LogP contribution in [0.2, 0.25) is 0 Å². The zero-order valence-corrected chi connectivity index (χ0v) is 12.4.